The van der Waals surface area contributed by atoms with Crippen molar-refractivity contribution < 1.29 is 0 Å². The molecule has 51 valence electrons. The highest BCUT2D eigenvalue weighted by Gasteiger charge is 2.08. The van der Waals surface area contributed by atoms with E-state index in [9.17, 15) is 4.79 Å². The summed E-state index contributed by atoms with van der Waals surface area (Å²) in [5, 5.41) is 0.712. The third-order valence-electron chi connectivity index (χ3n) is 1.16. The molecule has 2 rings (SSSR count). The van der Waals surface area contributed by atoms with E-state index in [1.807, 2.05) is 0 Å². The van der Waals surface area contributed by atoms with Crippen LogP contribution in [0.1, 0.15) is 0 Å². The Morgan fingerprint density at radius 1 is 1.90 bits per heavy atom. The SMILES string of the molecule is O=c1[c]cn2c(n1)SCN2. The Hall–Kier alpha value is -0.970. The van der Waals surface area contributed by atoms with Crippen molar-refractivity contribution in [3.63, 3.8) is 0 Å². The number of hydrogen-bond acceptors (Lipinski definition) is 4. The fraction of sp³-hybridized carbons (Fsp3) is 0.200. The Balaban J connectivity index is 2.63. The van der Waals surface area contributed by atoms with Gasteiger partial charge in [-0.25, -0.2) is 4.68 Å². The Labute approximate surface area is 61.2 Å². The van der Waals surface area contributed by atoms with Crippen LogP contribution in [0.25, 0.3) is 0 Å². The predicted octanol–water partition coefficient (Wildman–Crippen LogP) is -0.350. The molecule has 1 aromatic rings. The first kappa shape index (κ1) is 5.79. The fourth-order valence-corrected chi connectivity index (χ4v) is 1.47. The summed E-state index contributed by atoms with van der Waals surface area (Å²) in [5.74, 6) is 0.768. The maximum Gasteiger partial charge on any atom is 0.281 e. The molecule has 1 aliphatic heterocycles. The van der Waals surface area contributed by atoms with Crippen LogP contribution in [-0.4, -0.2) is 15.5 Å². The molecule has 0 unspecified atom stereocenters. The van der Waals surface area contributed by atoms with E-state index in [1.165, 1.54) is 11.8 Å². The fourth-order valence-electron chi connectivity index (χ4n) is 0.729. The molecule has 1 radical (unpaired) electrons. The Morgan fingerprint density at radius 2 is 2.80 bits per heavy atom. The number of nitrogens with one attached hydrogen (secondary N) is 1. The van der Waals surface area contributed by atoms with Crippen LogP contribution >= 0.6 is 11.8 Å². The van der Waals surface area contributed by atoms with E-state index in [2.05, 4.69) is 16.5 Å². The van der Waals surface area contributed by atoms with Gasteiger partial charge in [-0.1, -0.05) is 11.8 Å². The van der Waals surface area contributed by atoms with E-state index in [4.69, 9.17) is 0 Å². The van der Waals surface area contributed by atoms with Crippen molar-refractivity contribution in [2.45, 2.75) is 5.16 Å². The molecule has 0 bridgehead atoms. The zero-order valence-electron chi connectivity index (χ0n) is 5.00. The van der Waals surface area contributed by atoms with Gasteiger partial charge < -0.3 is 5.43 Å². The number of thioether (sulfide) groups is 1. The largest absolute Gasteiger partial charge is 0.314 e. The number of hydrogen-bond donors (Lipinski definition) is 1. The van der Waals surface area contributed by atoms with Gasteiger partial charge in [0.2, 0.25) is 0 Å². The second-order valence-electron chi connectivity index (χ2n) is 1.79. The number of fused-ring (bicyclic) bond motifs is 1. The van der Waals surface area contributed by atoms with Crippen LogP contribution in [-0.2, 0) is 0 Å². The molecule has 10 heavy (non-hydrogen) atoms. The van der Waals surface area contributed by atoms with Crippen LogP contribution in [0.15, 0.2) is 16.1 Å². The number of aromatic nitrogens is 2. The molecule has 2 heterocycles. The van der Waals surface area contributed by atoms with E-state index in [0.29, 0.717) is 5.16 Å². The minimum atomic E-state index is -0.303. The standard InChI is InChI=1S/C5H4N3OS/c9-4-1-2-8-5(7-4)10-3-6-8/h2,6H,3H2. The minimum Gasteiger partial charge on any atom is -0.314 e. The topological polar surface area (TPSA) is 46.9 Å². The second-order valence-corrected chi connectivity index (χ2v) is 2.73. The average Bonchev–Trinajstić information content (AvgIpc) is 2.33. The molecule has 0 aliphatic carbocycles. The van der Waals surface area contributed by atoms with E-state index in [0.717, 1.165) is 5.88 Å². The summed E-state index contributed by atoms with van der Waals surface area (Å²) < 4.78 is 1.69. The van der Waals surface area contributed by atoms with E-state index in [-0.39, 0.29) is 5.56 Å². The first-order valence-corrected chi connectivity index (χ1v) is 3.73. The van der Waals surface area contributed by atoms with Crippen molar-refractivity contribution >= 4 is 11.8 Å². The third kappa shape index (κ3) is 0.786. The lowest BCUT2D eigenvalue weighted by atomic mass is 10.7. The van der Waals surface area contributed by atoms with Gasteiger partial charge in [0.1, 0.15) is 0 Å². The molecule has 0 fully saturated rings. The Kier molecular flexibility index (Phi) is 1.17. The summed E-state index contributed by atoms with van der Waals surface area (Å²) in [7, 11) is 0. The van der Waals surface area contributed by atoms with Crippen LogP contribution in [0.5, 0.6) is 0 Å². The van der Waals surface area contributed by atoms with Crippen LogP contribution in [0.3, 0.4) is 0 Å². The predicted molar refractivity (Wildman–Crippen MR) is 37.4 cm³/mol. The zero-order chi connectivity index (χ0) is 6.97. The first-order chi connectivity index (χ1) is 4.86. The first-order valence-electron chi connectivity index (χ1n) is 2.74. The highest BCUT2D eigenvalue weighted by molar-refractivity contribution is 7.99. The van der Waals surface area contributed by atoms with Gasteiger partial charge >= 0.3 is 0 Å². The van der Waals surface area contributed by atoms with Crippen LogP contribution in [0, 0.1) is 6.07 Å². The maximum absolute atomic E-state index is 10.6. The molecule has 1 aromatic heterocycles. The van der Waals surface area contributed by atoms with Crippen molar-refractivity contribution in [1.29, 1.82) is 0 Å². The molecule has 0 aromatic carbocycles. The van der Waals surface area contributed by atoms with Gasteiger partial charge in [0.15, 0.2) is 5.16 Å². The molecule has 0 amide bonds. The summed E-state index contributed by atoms with van der Waals surface area (Å²) in [6.45, 7) is 0. The molecule has 1 N–H and O–H groups in total. The van der Waals surface area contributed by atoms with Crippen molar-refractivity contribution in [2.75, 3.05) is 11.3 Å². The summed E-state index contributed by atoms with van der Waals surface area (Å²) in [5.41, 5.74) is 2.67. The van der Waals surface area contributed by atoms with Gasteiger partial charge in [-0.05, 0) is 0 Å². The highest BCUT2D eigenvalue weighted by atomic mass is 32.2. The van der Waals surface area contributed by atoms with Crippen molar-refractivity contribution in [3.05, 3.63) is 22.6 Å². The van der Waals surface area contributed by atoms with E-state index in [1.54, 1.807) is 10.9 Å². The van der Waals surface area contributed by atoms with Gasteiger partial charge in [-0.2, -0.15) is 4.98 Å². The second kappa shape index (κ2) is 2.02. The van der Waals surface area contributed by atoms with E-state index < -0.39 is 0 Å². The van der Waals surface area contributed by atoms with Crippen molar-refractivity contribution in [3.8, 4) is 0 Å². The van der Waals surface area contributed by atoms with Gasteiger partial charge in [-0.3, -0.25) is 4.79 Å². The summed E-state index contributed by atoms with van der Waals surface area (Å²) in [4.78, 5) is 14.3. The summed E-state index contributed by atoms with van der Waals surface area (Å²) in [6.07, 6.45) is 1.56. The normalized spacial score (nSPS) is 14.4. The van der Waals surface area contributed by atoms with Gasteiger partial charge in [0, 0.05) is 6.20 Å². The Morgan fingerprint density at radius 3 is 3.70 bits per heavy atom. The monoisotopic (exact) mass is 154 g/mol. The summed E-state index contributed by atoms with van der Waals surface area (Å²) in [6, 6.07) is 2.45. The number of rotatable bonds is 0. The third-order valence-corrected chi connectivity index (χ3v) is 1.98. The quantitative estimate of drug-likeness (QED) is 0.519. The molecular formula is C5H4N3OS. The van der Waals surface area contributed by atoms with Gasteiger partial charge in [-0.15, -0.1) is 0 Å². The van der Waals surface area contributed by atoms with Crippen molar-refractivity contribution in [2.24, 2.45) is 0 Å². The lowest BCUT2D eigenvalue weighted by Gasteiger charge is -1.97. The maximum atomic E-state index is 10.6. The molecule has 5 heteroatoms. The Bertz CT molecular complexity index is 308. The van der Waals surface area contributed by atoms with Gasteiger partial charge in [0.05, 0.1) is 11.9 Å². The van der Waals surface area contributed by atoms with Crippen LogP contribution in [0.2, 0.25) is 0 Å². The molecule has 0 saturated heterocycles. The van der Waals surface area contributed by atoms with Crippen LogP contribution < -0.4 is 11.0 Å². The van der Waals surface area contributed by atoms with Crippen molar-refractivity contribution in [1.82, 2.24) is 9.66 Å². The molecule has 0 spiro atoms. The molecule has 1 aliphatic rings. The highest BCUT2D eigenvalue weighted by Crippen LogP contribution is 2.16. The lowest BCUT2D eigenvalue weighted by molar-refractivity contribution is 0.759. The molecular weight excluding hydrogens is 150 g/mol. The zero-order valence-corrected chi connectivity index (χ0v) is 5.81. The van der Waals surface area contributed by atoms with Gasteiger partial charge in [0.25, 0.3) is 5.56 Å². The lowest BCUT2D eigenvalue weighted by Crippen LogP contribution is -2.14. The smallest absolute Gasteiger partial charge is 0.281 e. The molecule has 0 atom stereocenters. The van der Waals surface area contributed by atoms with E-state index >= 15 is 0 Å². The number of nitrogens with zero attached hydrogens (tertiary/aromatic N) is 2. The molecule has 4 nitrogen and oxygen atoms in total. The summed E-state index contributed by atoms with van der Waals surface area (Å²) >= 11 is 1.50. The minimum absolute atomic E-state index is 0.303. The van der Waals surface area contributed by atoms with Crippen LogP contribution in [0.4, 0.5) is 0 Å². The molecule has 0 saturated carbocycles. The average molecular weight is 154 g/mol.